The molecule has 0 spiro atoms. The lowest BCUT2D eigenvalue weighted by atomic mass is 10.1. The molecular weight excluding hydrogens is 178 g/mol. The second-order valence-electron chi connectivity index (χ2n) is 2.95. The number of ether oxygens (including phenoxy) is 1. The van der Waals surface area contributed by atoms with Gasteiger partial charge in [0.25, 0.3) is 6.47 Å². The normalized spacial score (nSPS) is 27.8. The number of carbonyl (C=O) groups excluding carboxylic acids is 1. The molecule has 0 unspecified atom stereocenters. The highest BCUT2D eigenvalue weighted by Gasteiger charge is 2.23. The summed E-state index contributed by atoms with van der Waals surface area (Å²) < 4.78 is 4.79. The van der Waals surface area contributed by atoms with E-state index in [0.29, 0.717) is 12.5 Å². The monoisotopic (exact) mass is 193 g/mol. The van der Waals surface area contributed by atoms with Crippen molar-refractivity contribution in [2.75, 3.05) is 0 Å². The van der Waals surface area contributed by atoms with Crippen molar-refractivity contribution < 1.29 is 9.53 Å². The lowest BCUT2D eigenvalue weighted by Gasteiger charge is -2.11. The van der Waals surface area contributed by atoms with Gasteiger partial charge >= 0.3 is 0 Å². The van der Waals surface area contributed by atoms with Crippen molar-refractivity contribution in [3.63, 3.8) is 0 Å². The van der Waals surface area contributed by atoms with Gasteiger partial charge in [0.2, 0.25) is 0 Å². The average molecular weight is 194 g/mol. The van der Waals surface area contributed by atoms with Crippen molar-refractivity contribution in [3.05, 3.63) is 0 Å². The number of halogens is 1. The first kappa shape index (κ1) is 11.7. The molecule has 1 fully saturated rings. The molecular formula is C8H16ClNO2. The summed E-state index contributed by atoms with van der Waals surface area (Å²) in [7, 11) is 0. The zero-order chi connectivity index (χ0) is 8.10. The first-order valence-electron chi connectivity index (χ1n) is 4.22. The summed E-state index contributed by atoms with van der Waals surface area (Å²) >= 11 is 0. The second-order valence-corrected chi connectivity index (χ2v) is 2.95. The molecule has 0 radical (unpaired) electrons. The smallest absolute Gasteiger partial charge is 0.294 e. The molecule has 0 aromatic heterocycles. The first-order valence-corrected chi connectivity index (χ1v) is 4.22. The van der Waals surface area contributed by atoms with Crippen LogP contribution in [-0.2, 0) is 9.53 Å². The summed E-state index contributed by atoms with van der Waals surface area (Å²) in [6, 6.07) is 0.560. The molecule has 72 valence electrons. The summed E-state index contributed by atoms with van der Waals surface area (Å²) in [5.74, 6) is 0. The van der Waals surface area contributed by atoms with E-state index < -0.39 is 0 Å². The van der Waals surface area contributed by atoms with Crippen molar-refractivity contribution in [2.45, 2.75) is 44.9 Å². The summed E-state index contributed by atoms with van der Waals surface area (Å²) in [5.41, 5.74) is 0. The Balaban J connectivity index is 0.00000121. The van der Waals surface area contributed by atoms with E-state index in [4.69, 9.17) is 4.74 Å². The van der Waals surface area contributed by atoms with Crippen LogP contribution in [0.3, 0.4) is 0 Å². The van der Waals surface area contributed by atoms with Crippen molar-refractivity contribution in [1.29, 1.82) is 0 Å². The van der Waals surface area contributed by atoms with Crippen LogP contribution in [0.15, 0.2) is 0 Å². The van der Waals surface area contributed by atoms with Gasteiger partial charge in [-0.2, -0.15) is 0 Å². The van der Waals surface area contributed by atoms with Crippen LogP contribution in [0.1, 0.15) is 32.6 Å². The van der Waals surface area contributed by atoms with Crippen LogP contribution >= 0.6 is 12.4 Å². The van der Waals surface area contributed by atoms with E-state index >= 15 is 0 Å². The molecule has 0 aromatic rings. The van der Waals surface area contributed by atoms with Crippen molar-refractivity contribution in [3.8, 4) is 0 Å². The molecule has 12 heavy (non-hydrogen) atoms. The summed E-state index contributed by atoms with van der Waals surface area (Å²) in [4.78, 5) is 9.96. The third-order valence-electron chi connectivity index (χ3n) is 2.06. The van der Waals surface area contributed by atoms with Crippen LogP contribution in [-0.4, -0.2) is 18.7 Å². The number of rotatable bonds is 4. The second kappa shape index (κ2) is 6.26. The molecule has 0 aliphatic carbocycles. The Bertz CT molecular complexity index is 132. The maximum Gasteiger partial charge on any atom is 0.294 e. The maximum absolute atomic E-state index is 9.96. The van der Waals surface area contributed by atoms with Gasteiger partial charge in [0.05, 0.1) is 0 Å². The number of hydrogen-bond donors (Lipinski definition) is 1. The van der Waals surface area contributed by atoms with E-state index in [0.717, 1.165) is 12.8 Å². The highest BCUT2D eigenvalue weighted by Crippen LogP contribution is 2.16. The quantitative estimate of drug-likeness (QED) is 0.688. The molecule has 0 saturated carbocycles. The van der Waals surface area contributed by atoms with Gasteiger partial charge in [0.15, 0.2) is 6.23 Å². The predicted octanol–water partition coefficient (Wildman–Crippen LogP) is 1.46. The fraction of sp³-hybridized carbons (Fsp3) is 0.875. The van der Waals surface area contributed by atoms with Crippen LogP contribution in [0.25, 0.3) is 0 Å². The van der Waals surface area contributed by atoms with Gasteiger partial charge in [0, 0.05) is 6.04 Å². The third kappa shape index (κ3) is 3.41. The minimum atomic E-state index is -0.0240. The van der Waals surface area contributed by atoms with E-state index in [1.807, 2.05) is 0 Å². The van der Waals surface area contributed by atoms with Crippen LogP contribution in [0.5, 0.6) is 0 Å². The van der Waals surface area contributed by atoms with Gasteiger partial charge < -0.3 is 4.74 Å². The van der Waals surface area contributed by atoms with Gasteiger partial charge in [0.1, 0.15) is 0 Å². The molecule has 2 atom stereocenters. The Morgan fingerprint density at radius 2 is 2.33 bits per heavy atom. The van der Waals surface area contributed by atoms with Crippen LogP contribution < -0.4 is 5.32 Å². The fourth-order valence-electron chi connectivity index (χ4n) is 1.53. The zero-order valence-electron chi connectivity index (χ0n) is 7.29. The first-order chi connectivity index (χ1) is 5.36. The Morgan fingerprint density at radius 1 is 1.58 bits per heavy atom. The van der Waals surface area contributed by atoms with Crippen molar-refractivity contribution in [2.24, 2.45) is 0 Å². The zero-order valence-corrected chi connectivity index (χ0v) is 8.10. The average Bonchev–Trinajstić information content (AvgIpc) is 2.38. The summed E-state index contributed by atoms with van der Waals surface area (Å²) in [6.45, 7) is 2.68. The van der Waals surface area contributed by atoms with Gasteiger partial charge in [-0.1, -0.05) is 13.3 Å². The van der Waals surface area contributed by atoms with E-state index in [-0.39, 0.29) is 18.6 Å². The molecule has 1 N–H and O–H groups in total. The Morgan fingerprint density at radius 3 is 2.92 bits per heavy atom. The predicted molar refractivity (Wildman–Crippen MR) is 49.3 cm³/mol. The Kier molecular flexibility index (Phi) is 6.11. The Hall–Kier alpha value is -0.280. The largest absolute Gasteiger partial charge is 0.449 e. The Labute approximate surface area is 79.3 Å². The van der Waals surface area contributed by atoms with Gasteiger partial charge in [-0.15, -0.1) is 12.4 Å². The third-order valence-corrected chi connectivity index (χ3v) is 2.06. The molecule has 1 saturated heterocycles. The molecule has 4 heteroatoms. The lowest BCUT2D eigenvalue weighted by Crippen LogP contribution is -2.30. The fourth-order valence-corrected chi connectivity index (χ4v) is 1.53. The molecule has 1 aliphatic heterocycles. The summed E-state index contributed by atoms with van der Waals surface area (Å²) in [6.07, 6.45) is 4.43. The van der Waals surface area contributed by atoms with Crippen LogP contribution in [0, 0.1) is 0 Å². The van der Waals surface area contributed by atoms with Gasteiger partial charge in [-0.25, -0.2) is 0 Å². The van der Waals surface area contributed by atoms with E-state index in [1.165, 1.54) is 12.8 Å². The molecule has 3 nitrogen and oxygen atoms in total. The summed E-state index contributed by atoms with van der Waals surface area (Å²) in [5, 5.41) is 3.24. The highest BCUT2D eigenvalue weighted by atomic mass is 35.5. The van der Waals surface area contributed by atoms with Crippen LogP contribution in [0.4, 0.5) is 0 Å². The minimum absolute atomic E-state index is 0. The number of carbonyl (C=O) groups is 1. The standard InChI is InChI=1S/C8H15NO2.ClH/c1-2-3-7-4-5-8(9-7)11-6-10;/h6-9H,2-5H2,1H3;1H/t7-,8+;/m1./s1. The maximum atomic E-state index is 9.96. The lowest BCUT2D eigenvalue weighted by molar-refractivity contribution is -0.134. The van der Waals surface area contributed by atoms with E-state index in [9.17, 15) is 4.79 Å². The molecule has 1 rings (SSSR count). The molecule has 0 bridgehead atoms. The molecule has 0 aromatic carbocycles. The number of hydrogen-bond acceptors (Lipinski definition) is 3. The highest BCUT2D eigenvalue weighted by molar-refractivity contribution is 5.85. The molecule has 1 heterocycles. The van der Waals surface area contributed by atoms with Crippen molar-refractivity contribution in [1.82, 2.24) is 5.32 Å². The number of nitrogens with one attached hydrogen (secondary N) is 1. The SMILES string of the molecule is CCC[C@@H]1CC[C@H](OC=O)N1.Cl. The van der Waals surface area contributed by atoms with E-state index in [2.05, 4.69) is 12.2 Å². The van der Waals surface area contributed by atoms with E-state index in [1.54, 1.807) is 0 Å². The molecule has 0 amide bonds. The van der Waals surface area contributed by atoms with Crippen LogP contribution in [0.2, 0.25) is 0 Å². The minimum Gasteiger partial charge on any atom is -0.449 e. The van der Waals surface area contributed by atoms with Gasteiger partial charge in [-0.3, -0.25) is 10.1 Å². The van der Waals surface area contributed by atoms with Crippen molar-refractivity contribution >= 4 is 18.9 Å². The van der Waals surface area contributed by atoms with Gasteiger partial charge in [-0.05, 0) is 19.3 Å². The topological polar surface area (TPSA) is 38.3 Å². The molecule has 1 aliphatic rings.